The van der Waals surface area contributed by atoms with E-state index in [2.05, 4.69) is 30.3 Å². The summed E-state index contributed by atoms with van der Waals surface area (Å²) in [5.41, 5.74) is 4.71. The number of fused-ring (bicyclic) bond motifs is 3. The van der Waals surface area contributed by atoms with E-state index in [9.17, 15) is 0 Å². The monoisotopic (exact) mass is 353 g/mol. The molecule has 108 valence electrons. The minimum atomic E-state index is 0.811. The summed E-state index contributed by atoms with van der Waals surface area (Å²) in [4.78, 5) is 9.23. The summed E-state index contributed by atoms with van der Waals surface area (Å²) >= 11 is 3.52. The van der Waals surface area contributed by atoms with E-state index in [1.54, 1.807) is 13.3 Å². The van der Waals surface area contributed by atoms with Gasteiger partial charge in [-0.3, -0.25) is 9.38 Å². The van der Waals surface area contributed by atoms with Gasteiger partial charge in [-0.2, -0.15) is 0 Å². The van der Waals surface area contributed by atoms with Gasteiger partial charge in [0.2, 0.25) is 0 Å². The molecular weight excluding hydrogens is 342 g/mol. The van der Waals surface area contributed by atoms with Crippen molar-refractivity contribution in [1.29, 1.82) is 0 Å². The van der Waals surface area contributed by atoms with E-state index in [-0.39, 0.29) is 0 Å². The van der Waals surface area contributed by atoms with Gasteiger partial charge in [0.1, 0.15) is 11.4 Å². The lowest BCUT2D eigenvalue weighted by atomic mass is 10.1. The van der Waals surface area contributed by atoms with Crippen molar-refractivity contribution in [2.75, 3.05) is 7.11 Å². The van der Waals surface area contributed by atoms with Crippen molar-refractivity contribution in [3.63, 3.8) is 0 Å². The molecule has 0 aliphatic heterocycles. The fourth-order valence-electron chi connectivity index (χ4n) is 2.61. The van der Waals surface area contributed by atoms with Gasteiger partial charge in [-0.1, -0.05) is 12.1 Å². The number of nitrogens with zero attached hydrogens (tertiary/aromatic N) is 3. The first-order valence-corrected chi connectivity index (χ1v) is 7.62. The summed E-state index contributed by atoms with van der Waals surface area (Å²) in [5.74, 6) is 0.811. The zero-order valence-corrected chi connectivity index (χ0v) is 13.4. The normalized spacial score (nSPS) is 11.2. The Labute approximate surface area is 135 Å². The van der Waals surface area contributed by atoms with Crippen molar-refractivity contribution in [1.82, 2.24) is 14.4 Å². The van der Waals surface area contributed by atoms with Gasteiger partial charge >= 0.3 is 0 Å². The zero-order chi connectivity index (χ0) is 15.1. The van der Waals surface area contributed by atoms with Crippen LogP contribution in [0.5, 0.6) is 5.75 Å². The van der Waals surface area contributed by atoms with Crippen LogP contribution in [-0.2, 0) is 0 Å². The van der Waals surface area contributed by atoms with Gasteiger partial charge in [-0.05, 0) is 46.3 Å². The highest BCUT2D eigenvalue weighted by Crippen LogP contribution is 2.30. The van der Waals surface area contributed by atoms with Crippen molar-refractivity contribution in [2.24, 2.45) is 0 Å². The predicted octanol–water partition coefficient (Wildman–Crippen LogP) is 4.32. The first-order valence-electron chi connectivity index (χ1n) is 6.83. The zero-order valence-electron chi connectivity index (χ0n) is 11.8. The summed E-state index contributed by atoms with van der Waals surface area (Å²) in [7, 11) is 1.67. The number of halogens is 1. The SMILES string of the molecule is COc1cccc(-c2nccc3nc4ccc(Br)cn4c23)c1. The Kier molecular flexibility index (Phi) is 3.08. The molecule has 0 saturated heterocycles. The van der Waals surface area contributed by atoms with Crippen LogP contribution in [0, 0.1) is 0 Å². The van der Waals surface area contributed by atoms with E-state index in [4.69, 9.17) is 4.74 Å². The number of hydrogen-bond donors (Lipinski definition) is 0. The van der Waals surface area contributed by atoms with Crippen LogP contribution in [0.4, 0.5) is 0 Å². The standard InChI is InChI=1S/C17H12BrN3O/c1-22-13-4-2-3-11(9-13)16-17-14(7-8-19-16)20-15-6-5-12(18)10-21(15)17/h2-10H,1H3. The average Bonchev–Trinajstić information content (AvgIpc) is 2.92. The lowest BCUT2D eigenvalue weighted by Gasteiger charge is -2.06. The summed E-state index contributed by atoms with van der Waals surface area (Å²) in [6.07, 6.45) is 3.80. The van der Waals surface area contributed by atoms with Crippen LogP contribution in [0.25, 0.3) is 27.9 Å². The Morgan fingerprint density at radius 1 is 1.14 bits per heavy atom. The maximum atomic E-state index is 5.32. The Morgan fingerprint density at radius 3 is 2.91 bits per heavy atom. The second-order valence-electron chi connectivity index (χ2n) is 4.95. The molecule has 4 aromatic rings. The van der Waals surface area contributed by atoms with Gasteiger partial charge in [-0.25, -0.2) is 4.98 Å². The van der Waals surface area contributed by atoms with Gasteiger partial charge in [0.25, 0.3) is 0 Å². The van der Waals surface area contributed by atoms with Gasteiger partial charge in [0.05, 0.1) is 23.8 Å². The van der Waals surface area contributed by atoms with Crippen molar-refractivity contribution in [3.05, 3.63) is 59.3 Å². The number of rotatable bonds is 2. The molecule has 0 atom stereocenters. The van der Waals surface area contributed by atoms with Crippen molar-refractivity contribution < 1.29 is 4.74 Å². The molecule has 0 amide bonds. The fourth-order valence-corrected chi connectivity index (χ4v) is 2.95. The fraction of sp³-hybridized carbons (Fsp3) is 0.0588. The first kappa shape index (κ1) is 13.3. The number of ether oxygens (including phenoxy) is 1. The van der Waals surface area contributed by atoms with Crippen molar-refractivity contribution in [3.8, 4) is 17.0 Å². The molecule has 1 aromatic carbocycles. The molecule has 0 saturated carbocycles. The van der Waals surface area contributed by atoms with E-state index in [0.717, 1.165) is 38.2 Å². The molecule has 3 aromatic heterocycles. The quantitative estimate of drug-likeness (QED) is 0.538. The third kappa shape index (κ3) is 2.05. The van der Waals surface area contributed by atoms with E-state index < -0.39 is 0 Å². The van der Waals surface area contributed by atoms with Crippen LogP contribution in [0.1, 0.15) is 0 Å². The van der Waals surface area contributed by atoms with Gasteiger partial charge in [0.15, 0.2) is 0 Å². The highest BCUT2D eigenvalue weighted by atomic mass is 79.9. The summed E-state index contributed by atoms with van der Waals surface area (Å²) < 4.78 is 8.38. The third-order valence-corrected chi connectivity index (χ3v) is 4.08. The molecule has 0 N–H and O–H groups in total. The molecule has 0 aliphatic carbocycles. The van der Waals surface area contributed by atoms with Crippen LogP contribution in [0.2, 0.25) is 0 Å². The first-order chi connectivity index (χ1) is 10.8. The Hall–Kier alpha value is -2.40. The van der Waals surface area contributed by atoms with Crippen LogP contribution in [0.15, 0.2) is 59.3 Å². The number of aromatic nitrogens is 3. The minimum Gasteiger partial charge on any atom is -0.497 e. The van der Waals surface area contributed by atoms with E-state index in [0.29, 0.717) is 0 Å². The van der Waals surface area contributed by atoms with Crippen molar-refractivity contribution >= 4 is 32.6 Å². The van der Waals surface area contributed by atoms with E-state index in [1.165, 1.54) is 0 Å². The molecule has 0 spiro atoms. The third-order valence-electron chi connectivity index (χ3n) is 3.61. The second kappa shape index (κ2) is 5.10. The van der Waals surface area contributed by atoms with Crippen LogP contribution in [0.3, 0.4) is 0 Å². The van der Waals surface area contributed by atoms with E-state index >= 15 is 0 Å². The van der Waals surface area contributed by atoms with Gasteiger partial charge in [0, 0.05) is 22.4 Å². The predicted molar refractivity (Wildman–Crippen MR) is 90.2 cm³/mol. The molecule has 0 radical (unpaired) electrons. The molecule has 4 nitrogen and oxygen atoms in total. The Balaban J connectivity index is 2.08. The molecule has 0 aliphatic rings. The number of hydrogen-bond acceptors (Lipinski definition) is 3. The molecule has 0 fully saturated rings. The Morgan fingerprint density at radius 2 is 2.05 bits per heavy atom. The number of benzene rings is 1. The number of pyridine rings is 2. The molecular formula is C17H12BrN3O. The molecule has 3 heterocycles. The average molecular weight is 354 g/mol. The van der Waals surface area contributed by atoms with Gasteiger partial charge < -0.3 is 4.74 Å². The second-order valence-corrected chi connectivity index (χ2v) is 5.86. The summed E-state index contributed by atoms with van der Waals surface area (Å²) in [6.45, 7) is 0. The van der Waals surface area contributed by atoms with E-state index in [1.807, 2.05) is 48.7 Å². The Bertz CT molecular complexity index is 994. The lowest BCUT2D eigenvalue weighted by molar-refractivity contribution is 0.415. The molecule has 5 heteroatoms. The smallest absolute Gasteiger partial charge is 0.138 e. The summed E-state index contributed by atoms with van der Waals surface area (Å²) in [5, 5.41) is 0. The molecule has 0 unspecified atom stereocenters. The number of imidazole rings is 1. The van der Waals surface area contributed by atoms with Crippen LogP contribution < -0.4 is 4.74 Å². The van der Waals surface area contributed by atoms with Crippen LogP contribution >= 0.6 is 15.9 Å². The molecule has 4 rings (SSSR count). The maximum absolute atomic E-state index is 5.32. The molecule has 22 heavy (non-hydrogen) atoms. The highest BCUT2D eigenvalue weighted by molar-refractivity contribution is 9.10. The molecule has 0 bridgehead atoms. The maximum Gasteiger partial charge on any atom is 0.138 e. The largest absolute Gasteiger partial charge is 0.497 e. The van der Waals surface area contributed by atoms with Crippen LogP contribution in [-0.4, -0.2) is 21.5 Å². The topological polar surface area (TPSA) is 39.4 Å². The van der Waals surface area contributed by atoms with Crippen molar-refractivity contribution in [2.45, 2.75) is 0 Å². The summed E-state index contributed by atoms with van der Waals surface area (Å²) in [6, 6.07) is 13.8. The number of methoxy groups -OCH3 is 1. The highest BCUT2D eigenvalue weighted by Gasteiger charge is 2.12. The lowest BCUT2D eigenvalue weighted by Crippen LogP contribution is -1.91. The minimum absolute atomic E-state index is 0.811. The van der Waals surface area contributed by atoms with Gasteiger partial charge in [-0.15, -0.1) is 0 Å².